The quantitative estimate of drug-likeness (QED) is 0.760. The number of hydrogen-bond donors (Lipinski definition) is 2. The molecular weight excluding hydrogens is 242 g/mol. The maximum Gasteiger partial charge on any atom is 0.161 e. The summed E-state index contributed by atoms with van der Waals surface area (Å²) >= 11 is 0. The van der Waals surface area contributed by atoms with Gasteiger partial charge in [-0.1, -0.05) is 6.07 Å². The topological polar surface area (TPSA) is 50.7 Å². The molecule has 1 rings (SSSR count). The van der Waals surface area contributed by atoms with Gasteiger partial charge in [0.2, 0.25) is 0 Å². The Bertz CT molecular complexity index is 382. The molecule has 2 atom stereocenters. The van der Waals surface area contributed by atoms with Crippen molar-refractivity contribution in [1.29, 1.82) is 0 Å². The Balaban J connectivity index is 2.68. The van der Waals surface area contributed by atoms with E-state index in [1.165, 1.54) is 0 Å². The predicted octanol–water partition coefficient (Wildman–Crippen LogP) is 2.52. The second-order valence-corrected chi connectivity index (χ2v) is 4.77. The number of aliphatic hydroxyl groups is 1. The highest BCUT2D eigenvalue weighted by Crippen LogP contribution is 2.30. The standard InChI is InChI=1S/C15H25NO3/c1-11(6-5-9-17)16-12(2)13-7-8-14(18-3)15(10-13)19-4/h7-8,10-12,16-17H,5-6,9H2,1-4H3. The van der Waals surface area contributed by atoms with E-state index in [0.717, 1.165) is 29.9 Å². The number of ether oxygens (including phenoxy) is 2. The van der Waals surface area contributed by atoms with Gasteiger partial charge in [-0.25, -0.2) is 0 Å². The lowest BCUT2D eigenvalue weighted by Gasteiger charge is -2.21. The van der Waals surface area contributed by atoms with Crippen molar-refractivity contribution in [3.63, 3.8) is 0 Å². The van der Waals surface area contributed by atoms with Gasteiger partial charge in [-0.15, -0.1) is 0 Å². The monoisotopic (exact) mass is 267 g/mol. The summed E-state index contributed by atoms with van der Waals surface area (Å²) in [6.45, 7) is 4.50. The first kappa shape index (κ1) is 15.8. The van der Waals surface area contributed by atoms with Crippen LogP contribution in [0.4, 0.5) is 0 Å². The Kier molecular flexibility index (Phi) is 6.67. The molecule has 0 aliphatic carbocycles. The maximum atomic E-state index is 8.83. The van der Waals surface area contributed by atoms with Crippen LogP contribution in [-0.4, -0.2) is 32.0 Å². The van der Waals surface area contributed by atoms with Gasteiger partial charge in [0, 0.05) is 18.7 Å². The summed E-state index contributed by atoms with van der Waals surface area (Å²) < 4.78 is 10.5. The van der Waals surface area contributed by atoms with Crippen LogP contribution in [0.5, 0.6) is 11.5 Å². The van der Waals surface area contributed by atoms with Crippen molar-refractivity contribution >= 4 is 0 Å². The first-order chi connectivity index (χ1) is 9.12. The van der Waals surface area contributed by atoms with Crippen LogP contribution in [-0.2, 0) is 0 Å². The van der Waals surface area contributed by atoms with Gasteiger partial charge < -0.3 is 19.9 Å². The summed E-state index contributed by atoms with van der Waals surface area (Å²) in [7, 11) is 3.28. The number of rotatable bonds is 8. The molecule has 19 heavy (non-hydrogen) atoms. The van der Waals surface area contributed by atoms with E-state index in [4.69, 9.17) is 14.6 Å². The van der Waals surface area contributed by atoms with E-state index in [9.17, 15) is 0 Å². The predicted molar refractivity (Wildman–Crippen MR) is 76.9 cm³/mol. The van der Waals surface area contributed by atoms with Gasteiger partial charge in [-0.05, 0) is 44.4 Å². The number of aliphatic hydroxyl groups excluding tert-OH is 1. The molecule has 0 aliphatic rings. The number of benzene rings is 1. The summed E-state index contributed by atoms with van der Waals surface area (Å²) in [4.78, 5) is 0. The Hall–Kier alpha value is -1.26. The largest absolute Gasteiger partial charge is 0.493 e. The Labute approximate surface area is 115 Å². The minimum absolute atomic E-state index is 0.230. The smallest absolute Gasteiger partial charge is 0.161 e. The molecule has 0 aliphatic heterocycles. The van der Waals surface area contributed by atoms with Crippen LogP contribution >= 0.6 is 0 Å². The fraction of sp³-hybridized carbons (Fsp3) is 0.600. The highest BCUT2D eigenvalue weighted by atomic mass is 16.5. The second kappa shape index (κ2) is 8.02. The average Bonchev–Trinajstić information content (AvgIpc) is 2.44. The van der Waals surface area contributed by atoms with Gasteiger partial charge >= 0.3 is 0 Å². The highest BCUT2D eigenvalue weighted by molar-refractivity contribution is 5.43. The van der Waals surface area contributed by atoms with Gasteiger partial charge in [0.1, 0.15) is 0 Å². The molecule has 0 heterocycles. The normalized spacial score (nSPS) is 13.9. The van der Waals surface area contributed by atoms with Gasteiger partial charge in [0.05, 0.1) is 14.2 Å². The van der Waals surface area contributed by atoms with Crippen molar-refractivity contribution in [2.75, 3.05) is 20.8 Å². The molecule has 1 aromatic carbocycles. The SMILES string of the molecule is COc1ccc(C(C)NC(C)CCCO)cc1OC. The summed E-state index contributed by atoms with van der Waals surface area (Å²) in [6.07, 6.45) is 1.79. The van der Waals surface area contributed by atoms with Crippen LogP contribution in [0.15, 0.2) is 18.2 Å². The van der Waals surface area contributed by atoms with Crippen LogP contribution in [0.25, 0.3) is 0 Å². The third-order valence-electron chi connectivity index (χ3n) is 3.24. The van der Waals surface area contributed by atoms with Crippen LogP contribution in [0.2, 0.25) is 0 Å². The van der Waals surface area contributed by atoms with E-state index in [1.54, 1.807) is 14.2 Å². The molecule has 0 bridgehead atoms. The van der Waals surface area contributed by atoms with Crippen molar-refractivity contribution in [2.45, 2.75) is 38.8 Å². The minimum Gasteiger partial charge on any atom is -0.493 e. The van der Waals surface area contributed by atoms with E-state index < -0.39 is 0 Å². The van der Waals surface area contributed by atoms with Crippen molar-refractivity contribution in [2.24, 2.45) is 0 Å². The van der Waals surface area contributed by atoms with E-state index in [0.29, 0.717) is 6.04 Å². The molecule has 4 heteroatoms. The van der Waals surface area contributed by atoms with Gasteiger partial charge in [-0.3, -0.25) is 0 Å². The molecule has 4 nitrogen and oxygen atoms in total. The van der Waals surface area contributed by atoms with Crippen molar-refractivity contribution in [3.05, 3.63) is 23.8 Å². The molecule has 1 aromatic rings. The fourth-order valence-electron chi connectivity index (χ4n) is 2.13. The van der Waals surface area contributed by atoms with E-state index in [-0.39, 0.29) is 12.6 Å². The summed E-state index contributed by atoms with van der Waals surface area (Å²) in [5.41, 5.74) is 1.16. The zero-order chi connectivity index (χ0) is 14.3. The van der Waals surface area contributed by atoms with Crippen LogP contribution < -0.4 is 14.8 Å². The van der Waals surface area contributed by atoms with Crippen LogP contribution in [0.3, 0.4) is 0 Å². The van der Waals surface area contributed by atoms with Crippen molar-refractivity contribution < 1.29 is 14.6 Å². The maximum absolute atomic E-state index is 8.83. The first-order valence-electron chi connectivity index (χ1n) is 6.71. The zero-order valence-electron chi connectivity index (χ0n) is 12.3. The third kappa shape index (κ3) is 4.73. The van der Waals surface area contributed by atoms with Gasteiger partial charge in [0.15, 0.2) is 11.5 Å². The van der Waals surface area contributed by atoms with Gasteiger partial charge in [-0.2, -0.15) is 0 Å². The molecule has 0 spiro atoms. The molecule has 0 saturated heterocycles. The molecule has 0 aromatic heterocycles. The Morgan fingerprint density at radius 2 is 1.84 bits per heavy atom. The summed E-state index contributed by atoms with van der Waals surface area (Å²) in [5.74, 6) is 1.49. The van der Waals surface area contributed by atoms with Crippen LogP contribution in [0, 0.1) is 0 Å². The fourth-order valence-corrected chi connectivity index (χ4v) is 2.13. The Morgan fingerprint density at radius 3 is 2.42 bits per heavy atom. The average molecular weight is 267 g/mol. The molecule has 2 unspecified atom stereocenters. The first-order valence-corrected chi connectivity index (χ1v) is 6.71. The molecule has 0 saturated carbocycles. The highest BCUT2D eigenvalue weighted by Gasteiger charge is 2.12. The minimum atomic E-state index is 0.230. The lowest BCUT2D eigenvalue weighted by molar-refractivity contribution is 0.274. The Morgan fingerprint density at radius 1 is 1.16 bits per heavy atom. The zero-order valence-corrected chi connectivity index (χ0v) is 12.3. The molecular formula is C15H25NO3. The summed E-state index contributed by atoms with van der Waals surface area (Å²) in [6, 6.07) is 6.56. The molecule has 0 radical (unpaired) electrons. The van der Waals surface area contributed by atoms with E-state index >= 15 is 0 Å². The molecule has 2 N–H and O–H groups in total. The molecule has 0 fully saturated rings. The number of methoxy groups -OCH3 is 2. The number of nitrogens with one attached hydrogen (secondary N) is 1. The van der Waals surface area contributed by atoms with Crippen LogP contribution in [0.1, 0.15) is 38.3 Å². The number of hydrogen-bond acceptors (Lipinski definition) is 4. The van der Waals surface area contributed by atoms with E-state index in [2.05, 4.69) is 19.2 Å². The third-order valence-corrected chi connectivity index (χ3v) is 3.24. The van der Waals surface area contributed by atoms with Crippen molar-refractivity contribution in [3.8, 4) is 11.5 Å². The van der Waals surface area contributed by atoms with Crippen molar-refractivity contribution in [1.82, 2.24) is 5.32 Å². The summed E-state index contributed by atoms with van der Waals surface area (Å²) in [5, 5.41) is 12.3. The van der Waals surface area contributed by atoms with Gasteiger partial charge in [0.25, 0.3) is 0 Å². The second-order valence-electron chi connectivity index (χ2n) is 4.77. The lowest BCUT2D eigenvalue weighted by Crippen LogP contribution is -2.29. The lowest BCUT2D eigenvalue weighted by atomic mass is 10.1. The van der Waals surface area contributed by atoms with E-state index in [1.807, 2.05) is 18.2 Å². The molecule has 0 amide bonds. The molecule has 108 valence electrons.